The number of rotatable bonds is 12. The van der Waals surface area contributed by atoms with E-state index in [1.54, 1.807) is 36.4 Å². The number of aliphatic hydroxyl groups excluding tert-OH is 1. The minimum absolute atomic E-state index is 0.169. The standard InChI is InChI=1S/C25H29Cl3N4O5/c1-3-21(33)29-25(14(2)12-36-15-7-8-17(26)19(28)11-15)30-23(35)13-37-24-16(5-4-6-18(24)27)20-9-10-22(34)32-31-20/h4-8,11,14,21,25,29,33H,3,9-10,12-13H2,1-2H3,(H,30,35)(H,32,34). The molecule has 0 saturated heterocycles. The summed E-state index contributed by atoms with van der Waals surface area (Å²) in [6, 6.07) is 10.1. The summed E-state index contributed by atoms with van der Waals surface area (Å²) in [6.07, 6.45) is -0.317. The van der Waals surface area contributed by atoms with Gasteiger partial charge < -0.3 is 19.9 Å². The molecule has 1 heterocycles. The fraction of sp³-hybridized carbons (Fsp3) is 0.400. The molecule has 2 aromatic carbocycles. The van der Waals surface area contributed by atoms with Crippen LogP contribution in [0.4, 0.5) is 0 Å². The molecule has 1 aliphatic rings. The molecule has 2 amide bonds. The number of amides is 2. The van der Waals surface area contributed by atoms with Crippen LogP contribution in [0.25, 0.3) is 0 Å². The van der Waals surface area contributed by atoms with Crippen molar-refractivity contribution in [1.82, 2.24) is 16.1 Å². The molecule has 2 aromatic rings. The molecule has 0 fully saturated rings. The van der Waals surface area contributed by atoms with Gasteiger partial charge in [0.05, 0.1) is 33.6 Å². The molecule has 9 nitrogen and oxygen atoms in total. The Hall–Kier alpha value is -2.56. The lowest BCUT2D eigenvalue weighted by Gasteiger charge is -2.28. The van der Waals surface area contributed by atoms with Crippen LogP contribution in [0.3, 0.4) is 0 Å². The summed E-state index contributed by atoms with van der Waals surface area (Å²) in [4.78, 5) is 24.3. The van der Waals surface area contributed by atoms with Crippen molar-refractivity contribution in [2.45, 2.75) is 45.5 Å². The van der Waals surface area contributed by atoms with Crippen LogP contribution in [0.15, 0.2) is 41.5 Å². The Morgan fingerprint density at radius 3 is 2.59 bits per heavy atom. The van der Waals surface area contributed by atoms with E-state index < -0.39 is 18.3 Å². The average Bonchev–Trinajstić information content (AvgIpc) is 2.88. The second kappa shape index (κ2) is 13.8. The number of ether oxygens (including phenoxy) is 2. The van der Waals surface area contributed by atoms with Crippen molar-refractivity contribution in [3.63, 3.8) is 0 Å². The zero-order chi connectivity index (χ0) is 26.9. The molecular formula is C25H29Cl3N4O5. The lowest BCUT2D eigenvalue weighted by atomic mass is 10.0. The smallest absolute Gasteiger partial charge is 0.259 e. The maximum absolute atomic E-state index is 12.8. The molecule has 200 valence electrons. The Labute approximate surface area is 230 Å². The number of benzene rings is 2. The Balaban J connectivity index is 1.64. The normalized spacial score (nSPS) is 15.7. The van der Waals surface area contributed by atoms with Crippen molar-refractivity contribution < 1.29 is 24.2 Å². The Morgan fingerprint density at radius 1 is 1.14 bits per heavy atom. The predicted molar refractivity (Wildman–Crippen MR) is 143 cm³/mol. The van der Waals surface area contributed by atoms with Crippen LogP contribution >= 0.6 is 34.8 Å². The van der Waals surface area contributed by atoms with Crippen LogP contribution in [0.2, 0.25) is 15.1 Å². The van der Waals surface area contributed by atoms with E-state index in [4.69, 9.17) is 44.3 Å². The number of halogens is 3. The number of nitrogens with zero attached hydrogens (tertiary/aromatic N) is 1. The van der Waals surface area contributed by atoms with E-state index in [1.165, 1.54) is 0 Å². The van der Waals surface area contributed by atoms with Gasteiger partial charge in [0, 0.05) is 30.4 Å². The molecule has 1 aliphatic heterocycles. The van der Waals surface area contributed by atoms with Crippen LogP contribution < -0.4 is 25.5 Å². The van der Waals surface area contributed by atoms with Crippen molar-refractivity contribution in [3.8, 4) is 11.5 Å². The van der Waals surface area contributed by atoms with Gasteiger partial charge in [-0.15, -0.1) is 0 Å². The molecule has 0 radical (unpaired) electrons. The second-order valence-corrected chi connectivity index (χ2v) is 9.72. The maximum atomic E-state index is 12.8. The topological polar surface area (TPSA) is 121 Å². The van der Waals surface area contributed by atoms with Crippen LogP contribution in [0, 0.1) is 5.92 Å². The van der Waals surface area contributed by atoms with Crippen molar-refractivity contribution in [2.24, 2.45) is 11.0 Å². The quantitative estimate of drug-likeness (QED) is 0.285. The zero-order valence-corrected chi connectivity index (χ0v) is 22.7. The molecule has 0 aromatic heterocycles. The maximum Gasteiger partial charge on any atom is 0.259 e. The van der Waals surface area contributed by atoms with Gasteiger partial charge >= 0.3 is 0 Å². The molecule has 37 heavy (non-hydrogen) atoms. The van der Waals surface area contributed by atoms with E-state index in [0.717, 1.165) is 0 Å². The number of hydrogen-bond acceptors (Lipinski definition) is 7. The van der Waals surface area contributed by atoms with Gasteiger partial charge in [-0.05, 0) is 30.7 Å². The summed E-state index contributed by atoms with van der Waals surface area (Å²) in [6.45, 7) is 3.55. The molecule has 3 unspecified atom stereocenters. The van der Waals surface area contributed by atoms with Gasteiger partial charge in [-0.3, -0.25) is 14.9 Å². The number of carbonyl (C=O) groups is 2. The SMILES string of the molecule is CCC(O)NC(NC(=O)COc1c(Cl)cccc1C1=NNC(=O)CC1)C(C)COc1ccc(Cl)c(Cl)c1. The molecule has 4 N–H and O–H groups in total. The van der Waals surface area contributed by atoms with Crippen molar-refractivity contribution in [3.05, 3.63) is 57.0 Å². The fourth-order valence-electron chi connectivity index (χ4n) is 3.47. The highest BCUT2D eigenvalue weighted by molar-refractivity contribution is 6.42. The lowest BCUT2D eigenvalue weighted by molar-refractivity contribution is -0.125. The molecule has 0 spiro atoms. The number of carbonyl (C=O) groups excluding carboxylic acids is 2. The van der Waals surface area contributed by atoms with Crippen LogP contribution in [0.5, 0.6) is 11.5 Å². The molecule has 0 aliphatic carbocycles. The van der Waals surface area contributed by atoms with Crippen LogP contribution in [0.1, 0.15) is 38.7 Å². The third-order valence-corrected chi connectivity index (χ3v) is 6.61. The monoisotopic (exact) mass is 570 g/mol. The van der Waals surface area contributed by atoms with Gasteiger partial charge in [0.25, 0.3) is 5.91 Å². The van der Waals surface area contributed by atoms with E-state index in [9.17, 15) is 14.7 Å². The number of hydrazone groups is 1. The summed E-state index contributed by atoms with van der Waals surface area (Å²) in [5.74, 6) is -0.0394. The van der Waals surface area contributed by atoms with Crippen molar-refractivity contribution in [1.29, 1.82) is 0 Å². The molecular weight excluding hydrogens is 543 g/mol. The fourth-order valence-corrected chi connectivity index (χ4v) is 3.99. The number of para-hydroxylation sites is 1. The lowest BCUT2D eigenvalue weighted by Crippen LogP contribution is -2.55. The summed E-state index contributed by atoms with van der Waals surface area (Å²) >= 11 is 18.3. The molecule has 12 heteroatoms. The highest BCUT2D eigenvalue weighted by Crippen LogP contribution is 2.31. The van der Waals surface area contributed by atoms with Crippen molar-refractivity contribution in [2.75, 3.05) is 13.2 Å². The number of nitrogens with one attached hydrogen (secondary N) is 3. The van der Waals surface area contributed by atoms with Gasteiger partial charge in [0.1, 0.15) is 17.7 Å². The van der Waals surface area contributed by atoms with Crippen LogP contribution in [-0.2, 0) is 9.59 Å². The number of aliphatic hydroxyl groups is 1. The largest absolute Gasteiger partial charge is 0.493 e. The van der Waals surface area contributed by atoms with Crippen LogP contribution in [-0.4, -0.2) is 48.2 Å². The first-order chi connectivity index (χ1) is 17.7. The zero-order valence-electron chi connectivity index (χ0n) is 20.4. The first-order valence-corrected chi connectivity index (χ1v) is 12.9. The second-order valence-electron chi connectivity index (χ2n) is 8.50. The van der Waals surface area contributed by atoms with E-state index in [2.05, 4.69) is 21.2 Å². The Morgan fingerprint density at radius 2 is 1.92 bits per heavy atom. The molecule has 0 saturated carbocycles. The molecule has 3 atom stereocenters. The summed E-state index contributed by atoms with van der Waals surface area (Å²) in [7, 11) is 0. The minimum atomic E-state index is -0.840. The summed E-state index contributed by atoms with van der Waals surface area (Å²) in [5.41, 5.74) is 3.65. The minimum Gasteiger partial charge on any atom is -0.493 e. The summed E-state index contributed by atoms with van der Waals surface area (Å²) in [5, 5.41) is 21.2. The Kier molecular flexibility index (Phi) is 10.8. The van der Waals surface area contributed by atoms with E-state index in [1.807, 2.05) is 13.8 Å². The Bertz CT molecular complexity index is 1150. The number of hydrogen-bond donors (Lipinski definition) is 4. The van der Waals surface area contributed by atoms with E-state index in [-0.39, 0.29) is 25.0 Å². The van der Waals surface area contributed by atoms with Gasteiger partial charge in [-0.1, -0.05) is 54.7 Å². The van der Waals surface area contributed by atoms with Gasteiger partial charge in [-0.25, -0.2) is 5.43 Å². The van der Waals surface area contributed by atoms with Gasteiger partial charge in [-0.2, -0.15) is 5.10 Å². The van der Waals surface area contributed by atoms with Crippen molar-refractivity contribution >= 4 is 52.3 Å². The van der Waals surface area contributed by atoms with Gasteiger partial charge in [0.15, 0.2) is 6.61 Å². The third kappa shape index (κ3) is 8.48. The first-order valence-electron chi connectivity index (χ1n) is 11.8. The third-order valence-electron chi connectivity index (χ3n) is 5.58. The summed E-state index contributed by atoms with van der Waals surface area (Å²) < 4.78 is 11.6. The predicted octanol–water partition coefficient (Wildman–Crippen LogP) is 4.12. The van der Waals surface area contributed by atoms with E-state index >= 15 is 0 Å². The first kappa shape index (κ1) is 29.0. The average molecular weight is 572 g/mol. The molecule has 0 bridgehead atoms. The highest BCUT2D eigenvalue weighted by Gasteiger charge is 2.24. The highest BCUT2D eigenvalue weighted by atomic mass is 35.5. The van der Waals surface area contributed by atoms with E-state index in [0.29, 0.717) is 57.1 Å². The van der Waals surface area contributed by atoms with Gasteiger partial charge in [0.2, 0.25) is 5.91 Å². The molecule has 3 rings (SSSR count).